The first-order valence-electron chi connectivity index (χ1n) is 18.0. The maximum Gasteiger partial charge on any atom is 0.392 e. The predicted molar refractivity (Wildman–Crippen MR) is 194 cm³/mol. The highest BCUT2D eigenvalue weighted by Crippen LogP contribution is 2.43. The lowest BCUT2D eigenvalue weighted by molar-refractivity contribution is -0.127. The molecule has 0 unspecified atom stereocenters. The summed E-state index contributed by atoms with van der Waals surface area (Å²) in [6, 6.07) is 8.98. The molecular weight excluding hydrogens is 623 g/mol. The fraction of sp³-hybridized carbons (Fsp3) is 0.590. The van der Waals surface area contributed by atoms with Crippen LogP contribution in [-0.4, -0.2) is 96.6 Å². The first-order valence-corrected chi connectivity index (χ1v) is 18.0. The van der Waals surface area contributed by atoms with E-state index >= 15 is 0 Å². The van der Waals surface area contributed by atoms with Crippen molar-refractivity contribution >= 4 is 16.6 Å². The van der Waals surface area contributed by atoms with Gasteiger partial charge in [0.25, 0.3) is 0 Å². The maximum absolute atomic E-state index is 13.1. The number of likely N-dealkylation sites (tertiary alicyclic amines) is 2. The van der Waals surface area contributed by atoms with E-state index in [9.17, 15) is 18.4 Å². The molecule has 3 aliphatic heterocycles. The minimum Gasteiger partial charge on any atom is -0.373 e. The molecule has 7 nitrogen and oxygen atoms in total. The van der Waals surface area contributed by atoms with Crippen molar-refractivity contribution in [2.24, 2.45) is 10.4 Å². The summed E-state index contributed by atoms with van der Waals surface area (Å²) in [6.07, 6.45) is 2.50. The van der Waals surface area contributed by atoms with E-state index in [0.29, 0.717) is 12.3 Å². The standard InChI is InChI=1S/C39H54F3N7/c1-6-36(45-7-2)35(22-29(3)24-39(40,41)42)31(5)48-27-38(28-48)12-18-47(19-13-38)26-32-10-11-37-34(30(32)4)23-33(25-43)49(37)17-9-8-16-46-20-14-44-15-21-46/h6,10-11,22-23,44H,1,7-9,12-21,24,26-28H2,2-5H3/b29-22+,35-31+,45-36?. The molecular formula is C39H54F3N7. The number of aryl methyl sites for hydroxylation is 2. The minimum atomic E-state index is -4.25. The molecule has 0 radical (unpaired) electrons. The molecule has 2 aromatic rings. The Morgan fingerprint density at radius 1 is 1.06 bits per heavy atom. The van der Waals surface area contributed by atoms with Crippen molar-refractivity contribution in [2.75, 3.05) is 65.4 Å². The number of nitrogens with one attached hydrogen (secondary N) is 1. The molecule has 10 heteroatoms. The Bertz CT molecular complexity index is 1600. The highest BCUT2D eigenvalue weighted by atomic mass is 19.4. The van der Waals surface area contributed by atoms with Crippen LogP contribution in [0.15, 0.2) is 58.8 Å². The lowest BCUT2D eigenvalue weighted by atomic mass is 9.71. The van der Waals surface area contributed by atoms with Crippen molar-refractivity contribution in [1.29, 1.82) is 5.26 Å². The summed E-state index contributed by atoms with van der Waals surface area (Å²) in [5.74, 6) is 0. The van der Waals surface area contributed by atoms with Gasteiger partial charge in [-0.2, -0.15) is 18.4 Å². The summed E-state index contributed by atoms with van der Waals surface area (Å²) in [5, 5.41) is 14.5. The first-order chi connectivity index (χ1) is 23.5. The number of halogens is 3. The van der Waals surface area contributed by atoms with E-state index in [2.05, 4.69) is 67.3 Å². The van der Waals surface area contributed by atoms with Crippen LogP contribution in [0.3, 0.4) is 0 Å². The van der Waals surface area contributed by atoms with Crippen molar-refractivity contribution in [3.63, 3.8) is 0 Å². The van der Waals surface area contributed by atoms with Crippen LogP contribution in [0.1, 0.15) is 69.7 Å². The molecule has 0 amide bonds. The number of fused-ring (bicyclic) bond motifs is 1. The van der Waals surface area contributed by atoms with Crippen molar-refractivity contribution < 1.29 is 13.2 Å². The van der Waals surface area contributed by atoms with E-state index in [1.807, 2.05) is 13.8 Å². The van der Waals surface area contributed by atoms with Gasteiger partial charge in [-0.3, -0.25) is 9.89 Å². The Morgan fingerprint density at radius 2 is 1.76 bits per heavy atom. The topological polar surface area (TPSA) is 62.8 Å². The van der Waals surface area contributed by atoms with Crippen molar-refractivity contribution in [3.05, 3.63) is 70.6 Å². The summed E-state index contributed by atoms with van der Waals surface area (Å²) < 4.78 is 41.6. The maximum atomic E-state index is 13.1. The van der Waals surface area contributed by atoms with Gasteiger partial charge in [-0.1, -0.05) is 24.3 Å². The number of benzene rings is 1. The summed E-state index contributed by atoms with van der Waals surface area (Å²) in [6.45, 7) is 23.2. The fourth-order valence-electron chi connectivity index (χ4n) is 7.89. The van der Waals surface area contributed by atoms with Crippen LogP contribution < -0.4 is 5.32 Å². The lowest BCUT2D eigenvalue weighted by Crippen LogP contribution is -2.59. The van der Waals surface area contributed by atoms with Gasteiger partial charge >= 0.3 is 6.18 Å². The smallest absolute Gasteiger partial charge is 0.373 e. The Balaban J connectivity index is 1.19. The molecule has 3 fully saturated rings. The molecule has 49 heavy (non-hydrogen) atoms. The second-order valence-electron chi connectivity index (χ2n) is 14.4. The van der Waals surface area contributed by atoms with E-state index in [4.69, 9.17) is 0 Å². The highest BCUT2D eigenvalue weighted by Gasteiger charge is 2.45. The number of allylic oxidation sites excluding steroid dienone is 5. The Kier molecular flexibility index (Phi) is 12.1. The molecule has 1 aromatic carbocycles. The van der Waals surface area contributed by atoms with Crippen LogP contribution >= 0.6 is 0 Å². The van der Waals surface area contributed by atoms with Crippen LogP contribution in [0.4, 0.5) is 13.2 Å². The molecule has 0 bridgehead atoms. The predicted octanol–water partition coefficient (Wildman–Crippen LogP) is 7.22. The lowest BCUT2D eigenvalue weighted by Gasteiger charge is -2.55. The van der Waals surface area contributed by atoms with Gasteiger partial charge in [-0.15, -0.1) is 0 Å². The molecule has 1 aromatic heterocycles. The zero-order valence-electron chi connectivity index (χ0n) is 29.9. The van der Waals surface area contributed by atoms with E-state index in [1.54, 1.807) is 12.2 Å². The number of aliphatic imine (C=N–C) groups is 1. The largest absolute Gasteiger partial charge is 0.392 e. The van der Waals surface area contributed by atoms with E-state index in [-0.39, 0.29) is 11.0 Å². The number of piperazine rings is 1. The molecule has 1 spiro atoms. The van der Waals surface area contributed by atoms with Gasteiger partial charge in [0.1, 0.15) is 11.8 Å². The average Bonchev–Trinajstić information content (AvgIpc) is 3.43. The molecule has 266 valence electrons. The van der Waals surface area contributed by atoms with E-state index < -0.39 is 12.6 Å². The number of aromatic nitrogens is 1. The van der Waals surface area contributed by atoms with Gasteiger partial charge in [0.2, 0.25) is 0 Å². The molecule has 5 rings (SSSR count). The first kappa shape index (κ1) is 36.9. The van der Waals surface area contributed by atoms with Crippen LogP contribution in [0, 0.1) is 23.7 Å². The van der Waals surface area contributed by atoms with Crippen LogP contribution in [0.5, 0.6) is 0 Å². The molecule has 3 aliphatic rings. The Morgan fingerprint density at radius 3 is 2.39 bits per heavy atom. The second-order valence-corrected chi connectivity index (χ2v) is 14.4. The van der Waals surface area contributed by atoms with Crippen LogP contribution in [0.25, 0.3) is 10.9 Å². The van der Waals surface area contributed by atoms with E-state index in [1.165, 1.54) is 23.4 Å². The third-order valence-corrected chi connectivity index (χ3v) is 10.8. The molecule has 4 heterocycles. The molecule has 0 aliphatic carbocycles. The summed E-state index contributed by atoms with van der Waals surface area (Å²) in [7, 11) is 0. The van der Waals surface area contributed by atoms with E-state index in [0.717, 1.165) is 120 Å². The van der Waals surface area contributed by atoms with Gasteiger partial charge in [-0.25, -0.2) is 0 Å². The summed E-state index contributed by atoms with van der Waals surface area (Å²) >= 11 is 0. The number of hydrogen-bond acceptors (Lipinski definition) is 6. The quantitative estimate of drug-likeness (QED) is 0.138. The van der Waals surface area contributed by atoms with Gasteiger partial charge in [0, 0.05) is 86.5 Å². The SMILES string of the molecule is C=CC(=NCC)C(/C=C(\C)CC(F)(F)F)=C(\C)N1CC2(CCN(Cc3ccc4c(cc(C#N)n4CCCCN4CCNCC4)c3C)CC2)C1. The highest BCUT2D eigenvalue weighted by molar-refractivity contribution is 6.10. The van der Waals surface area contributed by atoms with Gasteiger partial charge in [0.15, 0.2) is 0 Å². The number of rotatable bonds is 13. The van der Waals surface area contributed by atoms with Crippen molar-refractivity contribution in [2.45, 2.75) is 79.1 Å². The van der Waals surface area contributed by atoms with Gasteiger partial charge < -0.3 is 19.7 Å². The van der Waals surface area contributed by atoms with Crippen molar-refractivity contribution in [3.8, 4) is 6.07 Å². The normalized spacial score (nSPS) is 20.0. The Labute approximate surface area is 290 Å². The summed E-state index contributed by atoms with van der Waals surface area (Å²) in [4.78, 5) is 11.9. The monoisotopic (exact) mass is 677 g/mol. The average molecular weight is 678 g/mol. The number of unbranched alkanes of at least 4 members (excludes halogenated alkanes) is 1. The number of piperidine rings is 1. The molecule has 3 saturated heterocycles. The summed E-state index contributed by atoms with van der Waals surface area (Å²) in [5.41, 5.74) is 7.32. The third kappa shape index (κ3) is 9.05. The fourth-order valence-corrected chi connectivity index (χ4v) is 7.89. The molecule has 0 saturated carbocycles. The number of nitriles is 1. The number of hydrogen-bond donors (Lipinski definition) is 1. The number of nitrogens with zero attached hydrogens (tertiary/aromatic N) is 6. The Hall–Kier alpha value is -3.39. The zero-order valence-corrected chi connectivity index (χ0v) is 29.9. The van der Waals surface area contributed by atoms with Crippen LogP contribution in [0.2, 0.25) is 0 Å². The van der Waals surface area contributed by atoms with Crippen molar-refractivity contribution in [1.82, 2.24) is 24.6 Å². The molecule has 0 atom stereocenters. The third-order valence-electron chi connectivity index (χ3n) is 10.8. The van der Waals surface area contributed by atoms with Gasteiger partial charge in [-0.05, 0) is 102 Å². The number of alkyl halides is 3. The second kappa shape index (κ2) is 16.1. The van der Waals surface area contributed by atoms with Gasteiger partial charge in [0.05, 0.1) is 12.1 Å². The molecule has 1 N–H and O–H groups in total. The van der Waals surface area contributed by atoms with Crippen LogP contribution in [-0.2, 0) is 13.1 Å². The minimum absolute atomic E-state index is 0.229. The zero-order chi connectivity index (χ0) is 35.2.